The number of anilines is 1. The number of amides is 2. The maximum absolute atomic E-state index is 12.8. The van der Waals surface area contributed by atoms with Crippen molar-refractivity contribution in [1.29, 1.82) is 0 Å². The van der Waals surface area contributed by atoms with Crippen LogP contribution < -0.4 is 5.32 Å². The largest absolute Gasteiger partial charge is 0.302 e. The number of thiazole rings is 1. The Balaban J connectivity index is 1.31. The van der Waals surface area contributed by atoms with Crippen LogP contribution >= 0.6 is 58.5 Å². The molecule has 1 aliphatic heterocycles. The monoisotopic (exact) mass is 533 g/mol. The second kappa shape index (κ2) is 10.8. The minimum atomic E-state index is -0.230. The van der Waals surface area contributed by atoms with Gasteiger partial charge in [-0.15, -0.1) is 11.3 Å². The van der Waals surface area contributed by atoms with E-state index in [4.69, 9.17) is 35.4 Å². The number of halogens is 2. The molecule has 0 saturated carbocycles. The second-order valence-corrected chi connectivity index (χ2v) is 10.7. The molecule has 2 amide bonds. The number of hydrogen-bond acceptors (Lipinski definition) is 6. The lowest BCUT2D eigenvalue weighted by molar-refractivity contribution is -0.122. The minimum Gasteiger partial charge on any atom is -0.302 e. The van der Waals surface area contributed by atoms with Crippen LogP contribution in [0.5, 0.6) is 0 Å². The summed E-state index contributed by atoms with van der Waals surface area (Å²) in [6, 6.07) is 14.9. The highest BCUT2D eigenvalue weighted by atomic mass is 35.5. The van der Waals surface area contributed by atoms with Crippen molar-refractivity contribution < 1.29 is 9.59 Å². The summed E-state index contributed by atoms with van der Waals surface area (Å²) >= 11 is 20.1. The number of aromatic nitrogens is 1. The Morgan fingerprint density at radius 1 is 1.15 bits per heavy atom. The molecular weight excluding hydrogens is 517 g/mol. The first-order valence-electron chi connectivity index (χ1n) is 9.88. The lowest BCUT2D eigenvalue weighted by atomic mass is 10.1. The first-order chi connectivity index (χ1) is 15.9. The molecule has 5 nitrogen and oxygen atoms in total. The van der Waals surface area contributed by atoms with Crippen molar-refractivity contribution in [2.45, 2.75) is 12.8 Å². The molecule has 0 spiro atoms. The number of thiocarbonyl (C=S) groups is 1. The van der Waals surface area contributed by atoms with E-state index >= 15 is 0 Å². The van der Waals surface area contributed by atoms with E-state index in [9.17, 15) is 9.59 Å². The summed E-state index contributed by atoms with van der Waals surface area (Å²) in [5.41, 5.74) is 1.86. The lowest BCUT2D eigenvalue weighted by Crippen LogP contribution is -2.31. The van der Waals surface area contributed by atoms with Crippen LogP contribution in [-0.2, 0) is 16.0 Å². The van der Waals surface area contributed by atoms with Crippen molar-refractivity contribution in [3.8, 4) is 0 Å². The predicted octanol–water partition coefficient (Wildman–Crippen LogP) is 6.27. The molecule has 0 atom stereocenters. The molecule has 33 heavy (non-hydrogen) atoms. The highest BCUT2D eigenvalue weighted by Gasteiger charge is 2.32. The summed E-state index contributed by atoms with van der Waals surface area (Å²) in [5.74, 6) is -0.455. The van der Waals surface area contributed by atoms with Crippen LogP contribution in [0.4, 0.5) is 5.13 Å². The quantitative estimate of drug-likeness (QED) is 0.286. The van der Waals surface area contributed by atoms with Gasteiger partial charge in [-0.1, -0.05) is 77.5 Å². The molecule has 168 valence electrons. The number of hydrogen-bond donors (Lipinski definition) is 1. The highest BCUT2D eigenvalue weighted by molar-refractivity contribution is 8.26. The van der Waals surface area contributed by atoms with E-state index in [1.54, 1.807) is 18.3 Å². The van der Waals surface area contributed by atoms with Gasteiger partial charge in [0.2, 0.25) is 5.91 Å². The zero-order chi connectivity index (χ0) is 23.4. The van der Waals surface area contributed by atoms with Gasteiger partial charge in [0, 0.05) is 40.5 Å². The molecule has 10 heteroatoms. The fourth-order valence-corrected chi connectivity index (χ4v) is 5.55. The van der Waals surface area contributed by atoms with Crippen molar-refractivity contribution in [2.24, 2.45) is 0 Å². The Labute approximate surface area is 214 Å². The van der Waals surface area contributed by atoms with E-state index in [2.05, 4.69) is 10.3 Å². The number of benzene rings is 2. The maximum atomic E-state index is 12.8. The number of nitrogens with one attached hydrogen (secondary N) is 1. The summed E-state index contributed by atoms with van der Waals surface area (Å²) in [4.78, 5) is 32.4. The van der Waals surface area contributed by atoms with Gasteiger partial charge < -0.3 is 5.32 Å². The first kappa shape index (κ1) is 23.9. The van der Waals surface area contributed by atoms with Gasteiger partial charge in [-0.2, -0.15) is 0 Å². The summed E-state index contributed by atoms with van der Waals surface area (Å²) < 4.78 is 0.422. The predicted molar refractivity (Wildman–Crippen MR) is 141 cm³/mol. The third kappa shape index (κ3) is 6.22. The smallest absolute Gasteiger partial charge is 0.266 e. The Hall–Kier alpha value is -2.23. The summed E-state index contributed by atoms with van der Waals surface area (Å²) in [7, 11) is 0. The van der Waals surface area contributed by atoms with Crippen LogP contribution in [0.2, 0.25) is 10.0 Å². The highest BCUT2D eigenvalue weighted by Crippen LogP contribution is 2.33. The third-order valence-corrected chi connectivity index (χ3v) is 7.61. The van der Waals surface area contributed by atoms with Gasteiger partial charge >= 0.3 is 0 Å². The van der Waals surface area contributed by atoms with Gasteiger partial charge in [-0.05, 0) is 35.4 Å². The average molecular weight is 535 g/mol. The maximum Gasteiger partial charge on any atom is 0.266 e. The van der Waals surface area contributed by atoms with Gasteiger partial charge in [0.15, 0.2) is 5.13 Å². The van der Waals surface area contributed by atoms with E-state index in [1.807, 2.05) is 42.5 Å². The Kier molecular flexibility index (Phi) is 7.82. The van der Waals surface area contributed by atoms with Crippen molar-refractivity contribution in [3.05, 3.63) is 85.7 Å². The van der Waals surface area contributed by atoms with Crippen LogP contribution in [0.1, 0.15) is 22.4 Å². The number of carbonyl (C=O) groups is 2. The normalized spacial score (nSPS) is 14.8. The van der Waals surface area contributed by atoms with Crippen LogP contribution in [0.3, 0.4) is 0 Å². The molecule has 2 heterocycles. The van der Waals surface area contributed by atoms with E-state index in [1.165, 1.54) is 28.0 Å². The Morgan fingerprint density at radius 3 is 2.67 bits per heavy atom. The molecule has 0 radical (unpaired) electrons. The standard InChI is InChI=1S/C23H17Cl2N3O2S3/c24-16-7-5-14(6-8-16)11-17-13-26-22(32-17)27-20(29)9-10-28-21(30)19(33-23(28)31)12-15-3-1-2-4-18(15)25/h1-8,12-13H,9-11H2,(H,26,27,29)/b19-12-. The van der Waals surface area contributed by atoms with Crippen molar-refractivity contribution >= 4 is 85.9 Å². The Bertz CT molecular complexity index is 1240. The van der Waals surface area contributed by atoms with Gasteiger partial charge in [0.1, 0.15) is 4.32 Å². The van der Waals surface area contributed by atoms with Crippen LogP contribution in [0.25, 0.3) is 6.08 Å². The molecule has 0 unspecified atom stereocenters. The Morgan fingerprint density at radius 2 is 1.91 bits per heavy atom. The molecule has 1 aliphatic rings. The molecule has 1 saturated heterocycles. The topological polar surface area (TPSA) is 62.3 Å². The second-order valence-electron chi connectivity index (χ2n) is 7.09. The van der Waals surface area contributed by atoms with Crippen molar-refractivity contribution in [1.82, 2.24) is 9.88 Å². The van der Waals surface area contributed by atoms with E-state index in [0.717, 1.165) is 16.0 Å². The van der Waals surface area contributed by atoms with Gasteiger partial charge in [-0.25, -0.2) is 4.98 Å². The molecule has 3 aromatic rings. The van der Waals surface area contributed by atoms with Crippen molar-refractivity contribution in [2.75, 3.05) is 11.9 Å². The van der Waals surface area contributed by atoms with Gasteiger partial charge in [0.05, 0.1) is 4.91 Å². The zero-order valence-corrected chi connectivity index (χ0v) is 21.0. The van der Waals surface area contributed by atoms with Gasteiger partial charge in [0.25, 0.3) is 5.91 Å². The molecule has 1 aromatic heterocycles. The fourth-order valence-electron chi connectivity index (χ4n) is 3.07. The van der Waals surface area contributed by atoms with Crippen LogP contribution in [-0.4, -0.2) is 32.6 Å². The van der Waals surface area contributed by atoms with Gasteiger partial charge in [-0.3, -0.25) is 14.5 Å². The molecule has 1 N–H and O–H groups in total. The van der Waals surface area contributed by atoms with Crippen LogP contribution in [0.15, 0.2) is 59.6 Å². The fraction of sp³-hybridized carbons (Fsp3) is 0.130. The number of carbonyl (C=O) groups excluding carboxylic acids is 2. The number of thioether (sulfide) groups is 1. The number of rotatable bonds is 7. The third-order valence-electron chi connectivity index (χ3n) is 4.72. The van der Waals surface area contributed by atoms with E-state index in [-0.39, 0.29) is 24.8 Å². The number of nitrogens with zero attached hydrogens (tertiary/aromatic N) is 2. The molecule has 1 fully saturated rings. The SMILES string of the molecule is O=C(CCN1C(=O)/C(=C/c2ccccc2Cl)SC1=S)Nc1ncc(Cc2ccc(Cl)cc2)s1. The first-order valence-corrected chi connectivity index (χ1v) is 12.7. The van der Waals surface area contributed by atoms with E-state index < -0.39 is 0 Å². The zero-order valence-electron chi connectivity index (χ0n) is 17.1. The summed E-state index contributed by atoms with van der Waals surface area (Å²) in [6.07, 6.45) is 4.28. The molecule has 4 rings (SSSR count). The average Bonchev–Trinajstić information content (AvgIpc) is 3.33. The summed E-state index contributed by atoms with van der Waals surface area (Å²) in [6.45, 7) is 0.194. The molecule has 2 aromatic carbocycles. The molecule has 0 bridgehead atoms. The van der Waals surface area contributed by atoms with Crippen LogP contribution in [0, 0.1) is 0 Å². The van der Waals surface area contributed by atoms with Crippen molar-refractivity contribution in [3.63, 3.8) is 0 Å². The molecule has 0 aliphatic carbocycles. The van der Waals surface area contributed by atoms with E-state index in [0.29, 0.717) is 30.8 Å². The minimum absolute atomic E-state index is 0.109. The lowest BCUT2D eigenvalue weighted by Gasteiger charge is -2.13. The summed E-state index contributed by atoms with van der Waals surface area (Å²) in [5, 5.41) is 4.57. The molecular formula is C23H17Cl2N3O2S3.